The highest BCUT2D eigenvalue weighted by Crippen LogP contribution is 2.25. The van der Waals surface area contributed by atoms with Gasteiger partial charge in [-0.3, -0.25) is 0 Å². The van der Waals surface area contributed by atoms with Crippen molar-refractivity contribution in [2.75, 3.05) is 13.2 Å². The quantitative estimate of drug-likeness (QED) is 0.787. The van der Waals surface area contributed by atoms with E-state index in [2.05, 4.69) is 18.2 Å². The fraction of sp³-hybridized carbons (Fsp3) is 0.278. The molecule has 106 valence electrons. The molecule has 0 heterocycles. The van der Waals surface area contributed by atoms with Crippen LogP contribution >= 0.6 is 0 Å². The van der Waals surface area contributed by atoms with E-state index >= 15 is 0 Å². The predicted octanol–water partition coefficient (Wildman–Crippen LogP) is 3.50. The largest absolute Gasteiger partial charge is 0.490 e. The van der Waals surface area contributed by atoms with Crippen LogP contribution in [0, 0.1) is 11.3 Å². The second kappa shape index (κ2) is 6.32. The van der Waals surface area contributed by atoms with E-state index in [0.29, 0.717) is 24.5 Å². The van der Waals surface area contributed by atoms with Crippen LogP contribution in [0.2, 0.25) is 0 Å². The number of nitrogens with zero attached hydrogens (tertiary/aromatic N) is 1. The highest BCUT2D eigenvalue weighted by molar-refractivity contribution is 5.38. The van der Waals surface area contributed by atoms with E-state index in [1.807, 2.05) is 18.2 Å². The minimum atomic E-state index is 0.464. The number of ether oxygens (including phenoxy) is 2. The number of fused-ring (bicyclic) bond motifs is 1. The van der Waals surface area contributed by atoms with Gasteiger partial charge in [0.1, 0.15) is 24.7 Å². The maximum Gasteiger partial charge on any atom is 0.122 e. The molecule has 0 fully saturated rings. The molecule has 2 aromatic carbocycles. The van der Waals surface area contributed by atoms with Crippen molar-refractivity contribution in [1.82, 2.24) is 0 Å². The third-order valence-corrected chi connectivity index (χ3v) is 3.65. The summed E-state index contributed by atoms with van der Waals surface area (Å²) in [5.74, 6) is 1.61. The Morgan fingerprint density at radius 1 is 0.905 bits per heavy atom. The van der Waals surface area contributed by atoms with Crippen LogP contribution in [-0.4, -0.2) is 13.2 Å². The van der Waals surface area contributed by atoms with Crippen LogP contribution in [0.4, 0.5) is 0 Å². The van der Waals surface area contributed by atoms with E-state index in [1.54, 1.807) is 12.1 Å². The molecule has 0 bridgehead atoms. The predicted molar refractivity (Wildman–Crippen MR) is 80.6 cm³/mol. The van der Waals surface area contributed by atoms with Crippen LogP contribution < -0.4 is 9.47 Å². The van der Waals surface area contributed by atoms with Gasteiger partial charge in [0.25, 0.3) is 0 Å². The van der Waals surface area contributed by atoms with Crippen LogP contribution in [0.1, 0.15) is 23.1 Å². The lowest BCUT2D eigenvalue weighted by Crippen LogP contribution is -2.09. The fourth-order valence-electron chi connectivity index (χ4n) is 2.61. The molecule has 3 heteroatoms. The molecule has 0 N–H and O–H groups in total. The number of aryl methyl sites for hydroxylation is 2. The van der Waals surface area contributed by atoms with Crippen LogP contribution in [-0.2, 0) is 12.8 Å². The van der Waals surface area contributed by atoms with E-state index in [0.717, 1.165) is 12.2 Å². The third kappa shape index (κ3) is 3.35. The SMILES string of the molecule is N#Cc1cccc(OCCOc2ccc3c(c2)CCC3)c1. The Morgan fingerprint density at radius 3 is 2.48 bits per heavy atom. The van der Waals surface area contributed by atoms with Gasteiger partial charge >= 0.3 is 0 Å². The zero-order valence-electron chi connectivity index (χ0n) is 11.8. The maximum absolute atomic E-state index is 8.83. The molecule has 0 atom stereocenters. The van der Waals surface area contributed by atoms with Gasteiger partial charge in [0, 0.05) is 0 Å². The van der Waals surface area contributed by atoms with Crippen LogP contribution in [0.3, 0.4) is 0 Å². The fourth-order valence-corrected chi connectivity index (χ4v) is 2.61. The number of hydrogen-bond acceptors (Lipinski definition) is 3. The van der Waals surface area contributed by atoms with Crippen LogP contribution in [0.25, 0.3) is 0 Å². The Morgan fingerprint density at radius 2 is 1.67 bits per heavy atom. The van der Waals surface area contributed by atoms with Crippen molar-refractivity contribution in [2.45, 2.75) is 19.3 Å². The Labute approximate surface area is 124 Å². The van der Waals surface area contributed by atoms with Gasteiger partial charge in [-0.05, 0) is 60.7 Å². The molecular weight excluding hydrogens is 262 g/mol. The van der Waals surface area contributed by atoms with Gasteiger partial charge in [0.05, 0.1) is 11.6 Å². The first-order chi connectivity index (χ1) is 10.3. The van der Waals surface area contributed by atoms with Gasteiger partial charge in [-0.2, -0.15) is 5.26 Å². The van der Waals surface area contributed by atoms with E-state index < -0.39 is 0 Å². The molecule has 0 unspecified atom stereocenters. The zero-order chi connectivity index (χ0) is 14.5. The van der Waals surface area contributed by atoms with E-state index in [-0.39, 0.29) is 0 Å². The van der Waals surface area contributed by atoms with E-state index in [4.69, 9.17) is 14.7 Å². The summed E-state index contributed by atoms with van der Waals surface area (Å²) in [4.78, 5) is 0. The van der Waals surface area contributed by atoms with Crippen molar-refractivity contribution >= 4 is 0 Å². The van der Waals surface area contributed by atoms with Crippen molar-refractivity contribution in [3.05, 3.63) is 59.2 Å². The van der Waals surface area contributed by atoms with Crippen molar-refractivity contribution < 1.29 is 9.47 Å². The number of nitriles is 1. The van der Waals surface area contributed by atoms with Crippen molar-refractivity contribution in [3.63, 3.8) is 0 Å². The molecule has 0 aliphatic heterocycles. The summed E-state index contributed by atoms with van der Waals surface area (Å²) in [7, 11) is 0. The standard InChI is InChI=1S/C18H17NO2/c19-13-14-3-1-6-17(11-14)20-9-10-21-18-8-7-15-4-2-5-16(15)12-18/h1,3,6-8,11-12H,2,4-5,9-10H2. The summed E-state index contributed by atoms with van der Waals surface area (Å²) in [6.45, 7) is 0.960. The molecule has 1 aliphatic rings. The lowest BCUT2D eigenvalue weighted by molar-refractivity contribution is 0.217. The van der Waals surface area contributed by atoms with Crippen molar-refractivity contribution in [3.8, 4) is 17.6 Å². The van der Waals surface area contributed by atoms with Gasteiger partial charge in [-0.1, -0.05) is 12.1 Å². The Hall–Kier alpha value is -2.47. The normalized spacial score (nSPS) is 12.5. The van der Waals surface area contributed by atoms with Gasteiger partial charge in [0.2, 0.25) is 0 Å². The molecule has 0 saturated carbocycles. The number of benzene rings is 2. The second-order valence-electron chi connectivity index (χ2n) is 5.12. The molecule has 21 heavy (non-hydrogen) atoms. The lowest BCUT2D eigenvalue weighted by Gasteiger charge is -2.09. The zero-order valence-corrected chi connectivity index (χ0v) is 11.8. The molecule has 0 aromatic heterocycles. The number of rotatable bonds is 5. The topological polar surface area (TPSA) is 42.2 Å². The first kappa shape index (κ1) is 13.5. The monoisotopic (exact) mass is 279 g/mol. The van der Waals surface area contributed by atoms with Gasteiger partial charge < -0.3 is 9.47 Å². The van der Waals surface area contributed by atoms with Gasteiger partial charge in [-0.25, -0.2) is 0 Å². The smallest absolute Gasteiger partial charge is 0.122 e. The first-order valence-corrected chi connectivity index (χ1v) is 7.23. The van der Waals surface area contributed by atoms with Crippen LogP contribution in [0.5, 0.6) is 11.5 Å². The molecule has 1 aliphatic carbocycles. The molecule has 0 spiro atoms. The van der Waals surface area contributed by atoms with Gasteiger partial charge in [-0.15, -0.1) is 0 Å². The summed E-state index contributed by atoms with van der Waals surface area (Å²) in [5, 5.41) is 8.83. The minimum Gasteiger partial charge on any atom is -0.490 e. The molecule has 0 saturated heterocycles. The molecule has 3 nitrogen and oxygen atoms in total. The second-order valence-corrected chi connectivity index (χ2v) is 5.12. The van der Waals surface area contributed by atoms with Crippen LogP contribution in [0.15, 0.2) is 42.5 Å². The summed E-state index contributed by atoms with van der Waals surface area (Å²) >= 11 is 0. The minimum absolute atomic E-state index is 0.464. The molecule has 3 rings (SSSR count). The Kier molecular flexibility index (Phi) is 4.07. The first-order valence-electron chi connectivity index (χ1n) is 7.23. The summed E-state index contributed by atoms with van der Waals surface area (Å²) in [6, 6.07) is 15.6. The lowest BCUT2D eigenvalue weighted by atomic mass is 10.1. The highest BCUT2D eigenvalue weighted by Gasteiger charge is 2.10. The average molecular weight is 279 g/mol. The Bertz CT molecular complexity index is 673. The highest BCUT2D eigenvalue weighted by atomic mass is 16.5. The average Bonchev–Trinajstić information content (AvgIpc) is 2.99. The molecule has 2 aromatic rings. The molecule has 0 radical (unpaired) electrons. The summed E-state index contributed by atoms with van der Waals surface area (Å²) < 4.78 is 11.3. The van der Waals surface area contributed by atoms with E-state index in [9.17, 15) is 0 Å². The summed E-state index contributed by atoms with van der Waals surface area (Å²) in [6.07, 6.45) is 3.59. The molecule has 0 amide bonds. The molecular formula is C18H17NO2. The van der Waals surface area contributed by atoms with Crippen molar-refractivity contribution in [1.29, 1.82) is 5.26 Å². The maximum atomic E-state index is 8.83. The summed E-state index contributed by atoms with van der Waals surface area (Å²) in [5.41, 5.74) is 3.47. The van der Waals surface area contributed by atoms with Crippen molar-refractivity contribution in [2.24, 2.45) is 0 Å². The van der Waals surface area contributed by atoms with Gasteiger partial charge in [0.15, 0.2) is 0 Å². The van der Waals surface area contributed by atoms with E-state index in [1.165, 1.54) is 24.0 Å². The Balaban J connectivity index is 1.49. The number of hydrogen-bond donors (Lipinski definition) is 0. The third-order valence-electron chi connectivity index (χ3n) is 3.65.